The van der Waals surface area contributed by atoms with Crippen LogP contribution in [0.4, 0.5) is 15.8 Å². The number of anilines is 2. The van der Waals surface area contributed by atoms with Gasteiger partial charge in [0.2, 0.25) is 11.8 Å². The van der Waals surface area contributed by atoms with Crippen LogP contribution in [0.1, 0.15) is 12.0 Å². The largest absolute Gasteiger partial charge is 0.323 e. The summed E-state index contributed by atoms with van der Waals surface area (Å²) in [7, 11) is 0. The summed E-state index contributed by atoms with van der Waals surface area (Å²) in [5.74, 6) is -1.55. The molecule has 1 saturated heterocycles. The van der Waals surface area contributed by atoms with Crippen molar-refractivity contribution in [1.82, 2.24) is 0 Å². The molecule has 1 N–H and O–H groups in total. The standard InChI is InChI=1S/C18H16ClFN2O2/c1-11-6-7-13(9-14(11)19)22-10-12(8-17(22)23)18(24)21-16-5-3-2-4-15(16)20/h2-7,9,12H,8,10H2,1H3,(H,21,24)/t12-/m1/s1. The highest BCUT2D eigenvalue weighted by Crippen LogP contribution is 2.29. The number of rotatable bonds is 3. The number of carbonyl (C=O) groups is 2. The van der Waals surface area contributed by atoms with Crippen molar-refractivity contribution in [3.8, 4) is 0 Å². The molecule has 24 heavy (non-hydrogen) atoms. The Morgan fingerprint density at radius 3 is 2.75 bits per heavy atom. The number of nitrogens with one attached hydrogen (secondary N) is 1. The minimum Gasteiger partial charge on any atom is -0.323 e. The maximum absolute atomic E-state index is 13.6. The molecule has 0 spiro atoms. The molecule has 1 fully saturated rings. The molecule has 1 atom stereocenters. The van der Waals surface area contributed by atoms with Gasteiger partial charge in [0.1, 0.15) is 5.82 Å². The van der Waals surface area contributed by atoms with Gasteiger partial charge in [-0.25, -0.2) is 4.39 Å². The lowest BCUT2D eigenvalue weighted by atomic mass is 10.1. The first-order valence-electron chi connectivity index (χ1n) is 7.57. The lowest BCUT2D eigenvalue weighted by Crippen LogP contribution is -2.28. The average Bonchev–Trinajstić information content (AvgIpc) is 2.94. The summed E-state index contributed by atoms with van der Waals surface area (Å²) in [6, 6.07) is 11.3. The molecular weight excluding hydrogens is 331 g/mol. The van der Waals surface area contributed by atoms with E-state index >= 15 is 0 Å². The van der Waals surface area contributed by atoms with Gasteiger partial charge >= 0.3 is 0 Å². The van der Waals surface area contributed by atoms with Gasteiger partial charge in [0.05, 0.1) is 11.6 Å². The Kier molecular flexibility index (Phi) is 4.53. The molecule has 2 amide bonds. The van der Waals surface area contributed by atoms with Gasteiger partial charge in [-0.3, -0.25) is 9.59 Å². The number of hydrogen-bond acceptors (Lipinski definition) is 2. The normalized spacial score (nSPS) is 17.2. The monoisotopic (exact) mass is 346 g/mol. The van der Waals surface area contributed by atoms with Crippen LogP contribution in [0.5, 0.6) is 0 Å². The van der Waals surface area contributed by atoms with Crippen molar-refractivity contribution in [2.45, 2.75) is 13.3 Å². The first-order chi connectivity index (χ1) is 11.5. The van der Waals surface area contributed by atoms with Crippen molar-refractivity contribution in [2.24, 2.45) is 5.92 Å². The molecule has 1 heterocycles. The first kappa shape index (κ1) is 16.5. The van der Waals surface area contributed by atoms with E-state index in [1.165, 1.54) is 17.0 Å². The van der Waals surface area contributed by atoms with Crippen molar-refractivity contribution in [2.75, 3.05) is 16.8 Å². The lowest BCUT2D eigenvalue weighted by Gasteiger charge is -2.17. The van der Waals surface area contributed by atoms with Crippen LogP contribution in [0.2, 0.25) is 5.02 Å². The third-order valence-corrected chi connectivity index (χ3v) is 4.50. The van der Waals surface area contributed by atoms with Crippen LogP contribution in [0, 0.1) is 18.7 Å². The van der Waals surface area contributed by atoms with E-state index in [9.17, 15) is 14.0 Å². The maximum Gasteiger partial charge on any atom is 0.229 e. The second-order valence-corrected chi connectivity index (χ2v) is 6.22. The fraction of sp³-hybridized carbons (Fsp3) is 0.222. The number of para-hydroxylation sites is 1. The number of amides is 2. The van der Waals surface area contributed by atoms with E-state index in [4.69, 9.17) is 11.6 Å². The summed E-state index contributed by atoms with van der Waals surface area (Å²) < 4.78 is 13.6. The van der Waals surface area contributed by atoms with E-state index < -0.39 is 11.7 Å². The van der Waals surface area contributed by atoms with Gasteiger partial charge in [0.15, 0.2) is 0 Å². The highest BCUT2D eigenvalue weighted by atomic mass is 35.5. The van der Waals surface area contributed by atoms with E-state index in [0.717, 1.165) is 5.56 Å². The number of carbonyl (C=O) groups excluding carboxylic acids is 2. The molecule has 0 radical (unpaired) electrons. The number of nitrogens with zero attached hydrogens (tertiary/aromatic N) is 1. The van der Waals surface area contributed by atoms with Crippen molar-refractivity contribution >= 4 is 34.8 Å². The molecule has 0 aliphatic carbocycles. The summed E-state index contributed by atoms with van der Waals surface area (Å²) in [5, 5.41) is 3.12. The molecule has 2 aromatic rings. The average molecular weight is 347 g/mol. The fourth-order valence-corrected chi connectivity index (χ4v) is 2.85. The summed E-state index contributed by atoms with van der Waals surface area (Å²) in [5.41, 5.74) is 1.70. The van der Waals surface area contributed by atoms with E-state index in [1.54, 1.807) is 24.3 Å². The summed E-state index contributed by atoms with van der Waals surface area (Å²) in [6.07, 6.45) is 0.0891. The van der Waals surface area contributed by atoms with E-state index in [-0.39, 0.29) is 30.5 Å². The number of benzene rings is 2. The van der Waals surface area contributed by atoms with Gasteiger partial charge in [-0.05, 0) is 36.8 Å². The van der Waals surface area contributed by atoms with Gasteiger partial charge in [0.25, 0.3) is 0 Å². The Labute approximate surface area is 144 Å². The van der Waals surface area contributed by atoms with Crippen LogP contribution in [0.3, 0.4) is 0 Å². The third kappa shape index (κ3) is 3.26. The predicted molar refractivity (Wildman–Crippen MR) is 91.7 cm³/mol. The van der Waals surface area contributed by atoms with Crippen molar-refractivity contribution in [1.29, 1.82) is 0 Å². The predicted octanol–water partition coefficient (Wildman–Crippen LogP) is 3.78. The van der Waals surface area contributed by atoms with Gasteiger partial charge < -0.3 is 10.2 Å². The smallest absolute Gasteiger partial charge is 0.229 e. The Bertz CT molecular complexity index is 809. The highest BCUT2D eigenvalue weighted by Gasteiger charge is 2.35. The zero-order valence-corrected chi connectivity index (χ0v) is 13.8. The minimum atomic E-state index is -0.530. The summed E-state index contributed by atoms with van der Waals surface area (Å²) in [4.78, 5) is 26.1. The van der Waals surface area contributed by atoms with Gasteiger partial charge in [0, 0.05) is 23.7 Å². The van der Waals surface area contributed by atoms with Crippen LogP contribution in [0.25, 0.3) is 0 Å². The molecule has 0 bridgehead atoms. The minimum absolute atomic E-state index is 0.0891. The highest BCUT2D eigenvalue weighted by molar-refractivity contribution is 6.31. The maximum atomic E-state index is 13.6. The van der Waals surface area contributed by atoms with Crippen LogP contribution in [0.15, 0.2) is 42.5 Å². The number of halogens is 2. The van der Waals surface area contributed by atoms with Gasteiger partial charge in [-0.2, -0.15) is 0 Å². The van der Waals surface area contributed by atoms with Crippen LogP contribution >= 0.6 is 11.6 Å². The summed E-state index contributed by atoms with van der Waals surface area (Å²) >= 11 is 6.10. The molecular formula is C18H16ClFN2O2. The van der Waals surface area contributed by atoms with Crippen molar-refractivity contribution < 1.29 is 14.0 Å². The van der Waals surface area contributed by atoms with Gasteiger partial charge in [-0.1, -0.05) is 29.8 Å². The molecule has 1 aliphatic rings. The Morgan fingerprint density at radius 1 is 1.29 bits per heavy atom. The van der Waals surface area contributed by atoms with Crippen molar-refractivity contribution in [3.63, 3.8) is 0 Å². The molecule has 0 aromatic heterocycles. The van der Waals surface area contributed by atoms with Crippen molar-refractivity contribution in [3.05, 3.63) is 58.9 Å². The zero-order valence-electron chi connectivity index (χ0n) is 13.1. The molecule has 3 rings (SSSR count). The summed E-state index contributed by atoms with van der Waals surface area (Å²) in [6.45, 7) is 2.13. The second kappa shape index (κ2) is 6.61. The zero-order chi connectivity index (χ0) is 17.3. The lowest BCUT2D eigenvalue weighted by molar-refractivity contribution is -0.122. The van der Waals surface area contributed by atoms with E-state index in [0.29, 0.717) is 10.7 Å². The van der Waals surface area contributed by atoms with E-state index in [1.807, 2.05) is 13.0 Å². The molecule has 2 aromatic carbocycles. The molecule has 124 valence electrons. The fourth-order valence-electron chi connectivity index (χ4n) is 2.68. The SMILES string of the molecule is Cc1ccc(N2C[C@H](C(=O)Nc3ccccc3F)CC2=O)cc1Cl. The van der Waals surface area contributed by atoms with Crippen LogP contribution < -0.4 is 10.2 Å². The Balaban J connectivity index is 1.73. The van der Waals surface area contributed by atoms with Gasteiger partial charge in [-0.15, -0.1) is 0 Å². The van der Waals surface area contributed by atoms with E-state index in [2.05, 4.69) is 5.32 Å². The molecule has 0 unspecified atom stereocenters. The molecule has 1 aliphatic heterocycles. The van der Waals surface area contributed by atoms with Crippen LogP contribution in [-0.2, 0) is 9.59 Å². The molecule has 6 heteroatoms. The number of hydrogen-bond donors (Lipinski definition) is 1. The molecule has 4 nitrogen and oxygen atoms in total. The second-order valence-electron chi connectivity index (χ2n) is 5.81. The first-order valence-corrected chi connectivity index (χ1v) is 7.95. The molecule has 0 saturated carbocycles. The quantitative estimate of drug-likeness (QED) is 0.919. The van der Waals surface area contributed by atoms with Crippen LogP contribution in [-0.4, -0.2) is 18.4 Å². The Hall–Kier alpha value is -2.40. The Morgan fingerprint density at radius 2 is 2.04 bits per heavy atom. The topological polar surface area (TPSA) is 49.4 Å². The number of aryl methyl sites for hydroxylation is 1. The third-order valence-electron chi connectivity index (χ3n) is 4.09.